The second-order valence-electron chi connectivity index (χ2n) is 6.22. The number of nitrogens with zero attached hydrogens (tertiary/aromatic N) is 1. The molecule has 29 heavy (non-hydrogen) atoms. The Morgan fingerprint density at radius 1 is 0.897 bits per heavy atom. The van der Waals surface area contributed by atoms with Gasteiger partial charge in [-0.3, -0.25) is 9.59 Å². The van der Waals surface area contributed by atoms with Crippen LogP contribution in [0.15, 0.2) is 72.8 Å². The lowest BCUT2D eigenvalue weighted by Crippen LogP contribution is -2.23. The Morgan fingerprint density at radius 2 is 1.52 bits per heavy atom. The van der Waals surface area contributed by atoms with Crippen molar-refractivity contribution < 1.29 is 14.3 Å². The first kappa shape index (κ1) is 19.6. The highest BCUT2D eigenvalue weighted by atomic mass is 16.5. The molecule has 0 spiro atoms. The first-order valence-electron chi connectivity index (χ1n) is 8.92. The average Bonchev–Trinajstić information content (AvgIpc) is 2.78. The van der Waals surface area contributed by atoms with Crippen molar-refractivity contribution in [3.63, 3.8) is 0 Å². The summed E-state index contributed by atoms with van der Waals surface area (Å²) >= 11 is 0. The van der Waals surface area contributed by atoms with Crippen molar-refractivity contribution in [2.45, 2.75) is 6.54 Å². The van der Waals surface area contributed by atoms with Crippen LogP contribution < -0.4 is 15.4 Å². The Balaban J connectivity index is 1.60. The number of amides is 2. The van der Waals surface area contributed by atoms with Crippen LogP contribution in [0.25, 0.3) is 0 Å². The van der Waals surface area contributed by atoms with Gasteiger partial charge in [0.25, 0.3) is 11.8 Å². The molecule has 2 amide bonds. The van der Waals surface area contributed by atoms with E-state index >= 15 is 0 Å². The van der Waals surface area contributed by atoms with Crippen molar-refractivity contribution in [3.8, 4) is 11.8 Å². The maximum atomic E-state index is 12.4. The zero-order valence-corrected chi connectivity index (χ0v) is 15.8. The number of methoxy groups -OCH3 is 1. The van der Waals surface area contributed by atoms with Gasteiger partial charge in [0.2, 0.25) is 0 Å². The number of benzene rings is 3. The zero-order chi connectivity index (χ0) is 20.6. The molecule has 0 fully saturated rings. The van der Waals surface area contributed by atoms with E-state index in [-0.39, 0.29) is 11.8 Å². The van der Waals surface area contributed by atoms with Crippen molar-refractivity contribution >= 4 is 17.5 Å². The molecule has 3 aromatic rings. The molecule has 6 nitrogen and oxygen atoms in total. The van der Waals surface area contributed by atoms with Crippen molar-refractivity contribution in [2.75, 3.05) is 12.4 Å². The smallest absolute Gasteiger partial charge is 0.255 e. The average molecular weight is 385 g/mol. The van der Waals surface area contributed by atoms with Crippen LogP contribution in [-0.4, -0.2) is 18.9 Å². The highest BCUT2D eigenvalue weighted by molar-refractivity contribution is 6.05. The van der Waals surface area contributed by atoms with Gasteiger partial charge in [-0.15, -0.1) is 0 Å². The first-order valence-corrected chi connectivity index (χ1v) is 8.92. The number of nitriles is 1. The summed E-state index contributed by atoms with van der Waals surface area (Å²) in [5.74, 6) is 0.174. The lowest BCUT2D eigenvalue weighted by molar-refractivity contribution is 0.0949. The molecule has 3 rings (SSSR count). The van der Waals surface area contributed by atoms with E-state index in [2.05, 4.69) is 10.6 Å². The van der Waals surface area contributed by atoms with Crippen LogP contribution in [0.4, 0.5) is 5.69 Å². The molecule has 0 aliphatic carbocycles. The summed E-state index contributed by atoms with van der Waals surface area (Å²) in [5, 5.41) is 14.4. The molecule has 0 aromatic heterocycles. The molecule has 0 radical (unpaired) electrons. The van der Waals surface area contributed by atoms with Crippen molar-refractivity contribution in [2.24, 2.45) is 0 Å². The molecule has 0 saturated carbocycles. The monoisotopic (exact) mass is 385 g/mol. The molecule has 0 saturated heterocycles. The van der Waals surface area contributed by atoms with Gasteiger partial charge in [0, 0.05) is 28.9 Å². The molecule has 0 aliphatic rings. The number of hydrogen-bond acceptors (Lipinski definition) is 4. The Hall–Kier alpha value is -4.11. The molecule has 2 N–H and O–H groups in total. The van der Waals surface area contributed by atoms with Gasteiger partial charge in [-0.25, -0.2) is 0 Å². The van der Waals surface area contributed by atoms with Crippen LogP contribution in [-0.2, 0) is 6.54 Å². The summed E-state index contributed by atoms with van der Waals surface area (Å²) < 4.78 is 5.28. The second-order valence-corrected chi connectivity index (χ2v) is 6.22. The van der Waals surface area contributed by atoms with Crippen LogP contribution in [0.2, 0.25) is 0 Å². The highest BCUT2D eigenvalue weighted by Crippen LogP contribution is 2.17. The first-order chi connectivity index (χ1) is 14.1. The SMILES string of the molecule is COc1ccccc1CNC(=O)c1ccc(C(=O)Nc2ccc(C#N)cc2)cc1. The summed E-state index contributed by atoms with van der Waals surface area (Å²) in [6.07, 6.45) is 0. The van der Waals surface area contributed by atoms with Crippen molar-refractivity contribution in [1.29, 1.82) is 5.26 Å². The van der Waals surface area contributed by atoms with Gasteiger partial charge in [-0.1, -0.05) is 18.2 Å². The summed E-state index contributed by atoms with van der Waals surface area (Å²) in [5.41, 5.74) is 2.87. The molecule has 0 unspecified atom stereocenters. The molecule has 0 aliphatic heterocycles. The molecule has 144 valence electrons. The second kappa shape index (κ2) is 9.20. The molecule has 3 aromatic carbocycles. The van der Waals surface area contributed by atoms with Gasteiger partial charge in [0.15, 0.2) is 0 Å². The topological polar surface area (TPSA) is 91.2 Å². The zero-order valence-electron chi connectivity index (χ0n) is 15.8. The largest absolute Gasteiger partial charge is 0.496 e. The molecule has 0 bridgehead atoms. The number of para-hydroxylation sites is 1. The minimum absolute atomic E-state index is 0.241. The normalized spacial score (nSPS) is 9.93. The fourth-order valence-electron chi connectivity index (χ4n) is 2.73. The summed E-state index contributed by atoms with van der Waals surface area (Å²) in [4.78, 5) is 24.7. The standard InChI is InChI=1S/C23H19N3O3/c1-29-21-5-3-2-4-19(21)15-25-22(27)17-8-10-18(11-9-17)23(28)26-20-12-6-16(14-24)7-13-20/h2-13H,15H2,1H3,(H,25,27)(H,26,28). The molecular formula is C23H19N3O3. The molecule has 0 heterocycles. The Kier molecular flexibility index (Phi) is 6.23. The minimum Gasteiger partial charge on any atom is -0.496 e. The lowest BCUT2D eigenvalue weighted by Gasteiger charge is -2.10. The van der Waals surface area contributed by atoms with Gasteiger partial charge < -0.3 is 15.4 Å². The summed E-state index contributed by atoms with van der Waals surface area (Å²) in [6, 6.07) is 22.5. The van der Waals surface area contributed by atoms with E-state index in [1.165, 1.54) is 0 Å². The fourth-order valence-corrected chi connectivity index (χ4v) is 2.73. The van der Waals surface area contributed by atoms with Crippen LogP contribution in [0, 0.1) is 11.3 Å². The maximum Gasteiger partial charge on any atom is 0.255 e. The number of anilines is 1. The highest BCUT2D eigenvalue weighted by Gasteiger charge is 2.10. The molecule has 0 atom stereocenters. The van der Waals surface area contributed by atoms with Gasteiger partial charge in [-0.05, 0) is 54.6 Å². The van der Waals surface area contributed by atoms with E-state index in [0.717, 1.165) is 5.56 Å². The Morgan fingerprint density at radius 3 is 2.14 bits per heavy atom. The minimum atomic E-state index is -0.296. The number of carbonyl (C=O) groups is 2. The van der Waals surface area contributed by atoms with E-state index in [1.54, 1.807) is 55.6 Å². The third-order valence-corrected chi connectivity index (χ3v) is 4.31. The molecule has 6 heteroatoms. The summed E-state index contributed by atoms with van der Waals surface area (Å²) in [6.45, 7) is 0.337. The number of rotatable bonds is 6. The van der Waals surface area contributed by atoms with Gasteiger partial charge >= 0.3 is 0 Å². The number of hydrogen-bond donors (Lipinski definition) is 2. The molecular weight excluding hydrogens is 366 g/mol. The van der Waals surface area contributed by atoms with Crippen LogP contribution in [0.3, 0.4) is 0 Å². The number of ether oxygens (including phenoxy) is 1. The lowest BCUT2D eigenvalue weighted by atomic mass is 10.1. The van der Waals surface area contributed by atoms with Gasteiger partial charge in [-0.2, -0.15) is 5.26 Å². The van der Waals surface area contributed by atoms with Crippen LogP contribution >= 0.6 is 0 Å². The number of carbonyl (C=O) groups excluding carboxylic acids is 2. The quantitative estimate of drug-likeness (QED) is 0.676. The van der Waals surface area contributed by atoms with Crippen LogP contribution in [0.5, 0.6) is 5.75 Å². The Labute approximate surface area is 168 Å². The van der Waals surface area contributed by atoms with E-state index in [9.17, 15) is 9.59 Å². The number of nitrogens with one attached hydrogen (secondary N) is 2. The fraction of sp³-hybridized carbons (Fsp3) is 0.0870. The van der Waals surface area contributed by atoms with Crippen molar-refractivity contribution in [3.05, 3.63) is 95.1 Å². The third-order valence-electron chi connectivity index (χ3n) is 4.31. The van der Waals surface area contributed by atoms with E-state index in [4.69, 9.17) is 10.00 Å². The van der Waals surface area contributed by atoms with E-state index in [1.807, 2.05) is 30.3 Å². The van der Waals surface area contributed by atoms with Gasteiger partial charge in [0.05, 0.1) is 18.7 Å². The predicted molar refractivity (Wildman–Crippen MR) is 110 cm³/mol. The van der Waals surface area contributed by atoms with E-state index in [0.29, 0.717) is 34.7 Å². The van der Waals surface area contributed by atoms with Crippen LogP contribution in [0.1, 0.15) is 31.8 Å². The Bertz CT molecular complexity index is 1050. The van der Waals surface area contributed by atoms with Gasteiger partial charge in [0.1, 0.15) is 5.75 Å². The third kappa shape index (κ3) is 4.99. The summed E-state index contributed by atoms with van der Waals surface area (Å²) in [7, 11) is 1.59. The maximum absolute atomic E-state index is 12.4. The predicted octanol–water partition coefficient (Wildman–Crippen LogP) is 3.75. The van der Waals surface area contributed by atoms with E-state index < -0.39 is 0 Å². The van der Waals surface area contributed by atoms with Crippen molar-refractivity contribution in [1.82, 2.24) is 5.32 Å².